The number of halogens is 1. The van der Waals surface area contributed by atoms with Gasteiger partial charge in [-0.1, -0.05) is 11.6 Å². The third kappa shape index (κ3) is 3.51. The van der Waals surface area contributed by atoms with Crippen molar-refractivity contribution in [3.8, 4) is 0 Å². The van der Waals surface area contributed by atoms with Gasteiger partial charge in [-0.05, 0) is 44.4 Å². The van der Waals surface area contributed by atoms with E-state index < -0.39 is 5.92 Å². The first-order chi connectivity index (χ1) is 11.6. The molecule has 2 fully saturated rings. The van der Waals surface area contributed by atoms with Crippen LogP contribution in [0.5, 0.6) is 0 Å². The highest BCUT2D eigenvalue weighted by Gasteiger charge is 2.36. The van der Waals surface area contributed by atoms with Gasteiger partial charge in [0.2, 0.25) is 5.91 Å². The Hall–Kier alpha value is -1.75. The molecule has 2 aliphatic heterocycles. The Morgan fingerprint density at radius 1 is 1.29 bits per heavy atom. The minimum atomic E-state index is -0.391. The van der Waals surface area contributed by atoms with Gasteiger partial charge in [0, 0.05) is 31.7 Å². The van der Waals surface area contributed by atoms with Gasteiger partial charge in [-0.3, -0.25) is 9.59 Å². The van der Waals surface area contributed by atoms with Gasteiger partial charge < -0.3 is 14.5 Å². The van der Waals surface area contributed by atoms with E-state index in [0.717, 1.165) is 24.5 Å². The number of carbonyl (C=O) groups excluding carboxylic acids is 2. The molecule has 1 aromatic rings. The number of esters is 1. The SMILES string of the molecule is CCOC(=O)[C@H]1CC(=O)N(c2ccc(N3CCCCC3)c(Cl)c2)C1. The maximum atomic E-state index is 12.3. The second-order valence-corrected chi connectivity index (χ2v) is 6.75. The summed E-state index contributed by atoms with van der Waals surface area (Å²) in [7, 11) is 0. The Labute approximate surface area is 147 Å². The Bertz CT molecular complexity index is 629. The summed E-state index contributed by atoms with van der Waals surface area (Å²) in [5.41, 5.74) is 1.77. The third-order valence-electron chi connectivity index (χ3n) is 4.68. The van der Waals surface area contributed by atoms with Crippen LogP contribution in [0.2, 0.25) is 5.02 Å². The molecule has 0 saturated carbocycles. The Morgan fingerprint density at radius 2 is 2.04 bits per heavy atom. The van der Waals surface area contributed by atoms with Gasteiger partial charge in [0.25, 0.3) is 0 Å². The average Bonchev–Trinajstić information content (AvgIpc) is 2.98. The van der Waals surface area contributed by atoms with Crippen molar-refractivity contribution in [3.05, 3.63) is 23.2 Å². The van der Waals surface area contributed by atoms with Crippen LogP contribution in [0.25, 0.3) is 0 Å². The molecule has 2 saturated heterocycles. The van der Waals surface area contributed by atoms with Crippen molar-refractivity contribution in [2.45, 2.75) is 32.6 Å². The number of ether oxygens (including phenoxy) is 1. The summed E-state index contributed by atoms with van der Waals surface area (Å²) in [6.07, 6.45) is 3.84. The molecule has 0 bridgehead atoms. The monoisotopic (exact) mass is 350 g/mol. The van der Waals surface area contributed by atoms with Crippen LogP contribution in [0.15, 0.2) is 18.2 Å². The Balaban J connectivity index is 1.74. The Kier molecular flexibility index (Phi) is 5.29. The van der Waals surface area contributed by atoms with Gasteiger partial charge in [0.05, 0.1) is 23.2 Å². The van der Waals surface area contributed by atoms with Crippen LogP contribution in [0.4, 0.5) is 11.4 Å². The molecule has 3 rings (SSSR count). The summed E-state index contributed by atoms with van der Waals surface area (Å²) in [5.74, 6) is -0.753. The zero-order valence-corrected chi connectivity index (χ0v) is 14.7. The van der Waals surface area contributed by atoms with Crippen LogP contribution >= 0.6 is 11.6 Å². The first-order valence-corrected chi connectivity index (χ1v) is 8.99. The molecule has 0 aromatic heterocycles. The van der Waals surface area contributed by atoms with Crippen molar-refractivity contribution in [1.29, 1.82) is 0 Å². The van der Waals surface area contributed by atoms with E-state index >= 15 is 0 Å². The molecule has 0 unspecified atom stereocenters. The van der Waals surface area contributed by atoms with Crippen LogP contribution in [0.1, 0.15) is 32.6 Å². The molecule has 130 valence electrons. The second kappa shape index (κ2) is 7.43. The van der Waals surface area contributed by atoms with Crippen molar-refractivity contribution >= 4 is 34.9 Å². The van der Waals surface area contributed by atoms with E-state index in [0.29, 0.717) is 18.2 Å². The van der Waals surface area contributed by atoms with E-state index in [2.05, 4.69) is 4.90 Å². The second-order valence-electron chi connectivity index (χ2n) is 6.34. The van der Waals surface area contributed by atoms with Gasteiger partial charge in [-0.2, -0.15) is 0 Å². The molecule has 2 heterocycles. The number of piperidine rings is 1. The highest BCUT2D eigenvalue weighted by molar-refractivity contribution is 6.33. The molecule has 0 radical (unpaired) electrons. The lowest BCUT2D eigenvalue weighted by molar-refractivity contribution is -0.147. The number of anilines is 2. The van der Waals surface area contributed by atoms with E-state index in [9.17, 15) is 9.59 Å². The highest BCUT2D eigenvalue weighted by Crippen LogP contribution is 2.34. The zero-order valence-electron chi connectivity index (χ0n) is 14.0. The number of rotatable bonds is 4. The van der Waals surface area contributed by atoms with Crippen molar-refractivity contribution in [1.82, 2.24) is 0 Å². The number of carbonyl (C=O) groups is 2. The topological polar surface area (TPSA) is 49.9 Å². The molecule has 1 aromatic carbocycles. The smallest absolute Gasteiger partial charge is 0.311 e. The van der Waals surface area contributed by atoms with Gasteiger partial charge >= 0.3 is 5.97 Å². The minimum absolute atomic E-state index is 0.0603. The number of nitrogens with zero attached hydrogens (tertiary/aromatic N) is 2. The van der Waals surface area contributed by atoms with Crippen molar-refractivity contribution in [3.63, 3.8) is 0 Å². The summed E-state index contributed by atoms with van der Waals surface area (Å²) in [6, 6.07) is 5.73. The molecule has 24 heavy (non-hydrogen) atoms. The summed E-state index contributed by atoms with van der Waals surface area (Å²) < 4.78 is 5.03. The molecule has 0 N–H and O–H groups in total. The highest BCUT2D eigenvalue weighted by atomic mass is 35.5. The largest absolute Gasteiger partial charge is 0.466 e. The normalized spacial score (nSPS) is 21.2. The average molecular weight is 351 g/mol. The summed E-state index contributed by atoms with van der Waals surface area (Å²) >= 11 is 6.47. The molecule has 1 amide bonds. The maximum Gasteiger partial charge on any atom is 0.311 e. The first kappa shape index (κ1) is 17.1. The van der Waals surface area contributed by atoms with Crippen LogP contribution in [-0.4, -0.2) is 38.1 Å². The lowest BCUT2D eigenvalue weighted by Crippen LogP contribution is -2.30. The van der Waals surface area contributed by atoms with E-state index in [1.54, 1.807) is 11.8 Å². The van der Waals surface area contributed by atoms with Crippen LogP contribution in [-0.2, 0) is 14.3 Å². The van der Waals surface area contributed by atoms with Gasteiger partial charge in [0.1, 0.15) is 0 Å². The first-order valence-electron chi connectivity index (χ1n) is 8.61. The van der Waals surface area contributed by atoms with E-state index in [-0.39, 0.29) is 18.3 Å². The number of amides is 1. The summed E-state index contributed by atoms with van der Waals surface area (Å²) in [5, 5.41) is 0.654. The number of hydrogen-bond donors (Lipinski definition) is 0. The fourth-order valence-corrected chi connectivity index (χ4v) is 3.72. The molecule has 1 atom stereocenters. The molecular formula is C18H23ClN2O3. The van der Waals surface area contributed by atoms with E-state index in [1.165, 1.54) is 19.3 Å². The zero-order chi connectivity index (χ0) is 17.1. The molecule has 0 spiro atoms. The van der Waals surface area contributed by atoms with Crippen molar-refractivity contribution in [2.75, 3.05) is 36.0 Å². The lowest BCUT2D eigenvalue weighted by Gasteiger charge is -2.30. The number of benzene rings is 1. The maximum absolute atomic E-state index is 12.3. The molecular weight excluding hydrogens is 328 g/mol. The molecule has 5 nitrogen and oxygen atoms in total. The van der Waals surface area contributed by atoms with E-state index in [1.807, 2.05) is 18.2 Å². The van der Waals surface area contributed by atoms with Crippen molar-refractivity contribution < 1.29 is 14.3 Å². The van der Waals surface area contributed by atoms with Gasteiger partial charge in [-0.15, -0.1) is 0 Å². The van der Waals surface area contributed by atoms with Crippen molar-refractivity contribution in [2.24, 2.45) is 5.92 Å². The fourth-order valence-electron chi connectivity index (χ4n) is 3.43. The predicted molar refractivity (Wildman–Crippen MR) is 94.6 cm³/mol. The standard InChI is InChI=1S/C18H23ClN2O3/c1-2-24-18(23)13-10-17(22)21(12-13)14-6-7-16(15(19)11-14)20-8-4-3-5-9-20/h6-7,11,13H,2-5,8-10,12H2,1H3/t13-/m0/s1. The molecule has 2 aliphatic rings. The Morgan fingerprint density at radius 3 is 2.71 bits per heavy atom. The van der Waals surface area contributed by atoms with Crippen LogP contribution < -0.4 is 9.80 Å². The van der Waals surface area contributed by atoms with Crippen LogP contribution in [0, 0.1) is 5.92 Å². The third-order valence-corrected chi connectivity index (χ3v) is 4.99. The molecule has 0 aliphatic carbocycles. The molecule has 6 heteroatoms. The summed E-state index contributed by atoms with van der Waals surface area (Å²) in [6.45, 7) is 4.50. The summed E-state index contributed by atoms with van der Waals surface area (Å²) in [4.78, 5) is 28.0. The quantitative estimate of drug-likeness (QED) is 0.782. The van der Waals surface area contributed by atoms with E-state index in [4.69, 9.17) is 16.3 Å². The lowest BCUT2D eigenvalue weighted by atomic mass is 10.1. The predicted octanol–water partition coefficient (Wildman–Crippen LogP) is 3.25. The minimum Gasteiger partial charge on any atom is -0.466 e. The number of hydrogen-bond acceptors (Lipinski definition) is 4. The fraction of sp³-hybridized carbons (Fsp3) is 0.556. The van der Waals surface area contributed by atoms with Gasteiger partial charge in [0.15, 0.2) is 0 Å². The van der Waals surface area contributed by atoms with Crippen LogP contribution in [0.3, 0.4) is 0 Å². The van der Waals surface area contributed by atoms with Gasteiger partial charge in [-0.25, -0.2) is 0 Å².